The van der Waals surface area contributed by atoms with Crippen LogP contribution in [0.15, 0.2) is 22.2 Å². The third kappa shape index (κ3) is 4.12. The van der Waals surface area contributed by atoms with Crippen LogP contribution in [-0.2, 0) is 13.0 Å². The van der Waals surface area contributed by atoms with E-state index >= 15 is 0 Å². The fourth-order valence-electron chi connectivity index (χ4n) is 1.97. The lowest BCUT2D eigenvalue weighted by atomic mass is 10.2. The number of hydrogen-bond acceptors (Lipinski definition) is 4. The second kappa shape index (κ2) is 6.63. The van der Waals surface area contributed by atoms with Gasteiger partial charge < -0.3 is 5.32 Å². The Bertz CT molecular complexity index is 522. The van der Waals surface area contributed by atoms with Crippen LogP contribution in [0, 0.1) is 0 Å². The molecule has 2 heterocycles. The van der Waals surface area contributed by atoms with Gasteiger partial charge in [0.05, 0.1) is 27.9 Å². The van der Waals surface area contributed by atoms with E-state index in [1.165, 1.54) is 5.01 Å². The average molecular weight is 343 g/mol. The van der Waals surface area contributed by atoms with Crippen molar-refractivity contribution in [1.29, 1.82) is 0 Å². The van der Waals surface area contributed by atoms with Crippen molar-refractivity contribution in [2.24, 2.45) is 0 Å². The van der Waals surface area contributed by atoms with Crippen molar-refractivity contribution in [1.82, 2.24) is 20.1 Å². The standard InChI is InChI=1S/C13H19BrN4S/c1-4-13-17-12(8-19-13)10(3)16-9(2)6-18-7-11(14)5-15-18/h5,7-10,16H,4,6H2,1-3H3/t9-,10-/m1/s1. The predicted octanol–water partition coefficient (Wildman–Crippen LogP) is 3.40. The van der Waals surface area contributed by atoms with Gasteiger partial charge in [-0.1, -0.05) is 6.92 Å². The molecule has 0 amide bonds. The number of aryl methyl sites for hydroxylation is 1. The largest absolute Gasteiger partial charge is 0.304 e. The van der Waals surface area contributed by atoms with E-state index in [2.05, 4.69) is 57.5 Å². The second-order valence-electron chi connectivity index (χ2n) is 4.69. The van der Waals surface area contributed by atoms with E-state index in [0.717, 1.165) is 23.1 Å². The van der Waals surface area contributed by atoms with Gasteiger partial charge in [-0.15, -0.1) is 11.3 Å². The summed E-state index contributed by atoms with van der Waals surface area (Å²) in [5, 5.41) is 11.2. The molecule has 0 aromatic carbocycles. The van der Waals surface area contributed by atoms with Gasteiger partial charge in [0.15, 0.2) is 0 Å². The van der Waals surface area contributed by atoms with Crippen LogP contribution in [0.4, 0.5) is 0 Å². The van der Waals surface area contributed by atoms with Crippen molar-refractivity contribution in [3.8, 4) is 0 Å². The first kappa shape index (κ1) is 14.7. The minimum atomic E-state index is 0.269. The number of thiazole rings is 1. The molecule has 4 nitrogen and oxygen atoms in total. The van der Waals surface area contributed by atoms with Gasteiger partial charge in [0.25, 0.3) is 0 Å². The van der Waals surface area contributed by atoms with Gasteiger partial charge in [-0.05, 0) is 36.2 Å². The molecular weight excluding hydrogens is 324 g/mol. The van der Waals surface area contributed by atoms with Gasteiger partial charge in [-0.25, -0.2) is 4.98 Å². The average Bonchev–Trinajstić information content (AvgIpc) is 2.98. The number of rotatable bonds is 6. The van der Waals surface area contributed by atoms with E-state index in [0.29, 0.717) is 6.04 Å². The summed E-state index contributed by atoms with van der Waals surface area (Å²) in [6, 6.07) is 0.610. The van der Waals surface area contributed by atoms with Crippen LogP contribution < -0.4 is 5.32 Å². The molecule has 104 valence electrons. The van der Waals surface area contributed by atoms with Crippen LogP contribution >= 0.6 is 27.3 Å². The van der Waals surface area contributed by atoms with Crippen LogP contribution in [0.2, 0.25) is 0 Å². The van der Waals surface area contributed by atoms with E-state index in [1.54, 1.807) is 11.3 Å². The molecule has 0 saturated heterocycles. The van der Waals surface area contributed by atoms with Gasteiger partial charge >= 0.3 is 0 Å². The van der Waals surface area contributed by atoms with Crippen molar-refractivity contribution >= 4 is 27.3 Å². The highest BCUT2D eigenvalue weighted by atomic mass is 79.9. The molecule has 0 bridgehead atoms. The summed E-state index contributed by atoms with van der Waals surface area (Å²) in [6.45, 7) is 7.31. The summed E-state index contributed by atoms with van der Waals surface area (Å²) in [6.07, 6.45) is 4.80. The first-order valence-corrected chi connectivity index (χ1v) is 8.14. The highest BCUT2D eigenvalue weighted by Crippen LogP contribution is 2.17. The predicted molar refractivity (Wildman–Crippen MR) is 82.4 cm³/mol. The number of nitrogens with one attached hydrogen (secondary N) is 1. The Labute approximate surface area is 126 Å². The quantitative estimate of drug-likeness (QED) is 0.874. The topological polar surface area (TPSA) is 42.7 Å². The fourth-order valence-corrected chi connectivity index (χ4v) is 3.14. The summed E-state index contributed by atoms with van der Waals surface area (Å²) in [5.41, 5.74) is 1.13. The van der Waals surface area contributed by atoms with Crippen LogP contribution in [0.1, 0.15) is 37.5 Å². The zero-order chi connectivity index (χ0) is 13.8. The van der Waals surface area contributed by atoms with Crippen molar-refractivity contribution in [3.63, 3.8) is 0 Å². The monoisotopic (exact) mass is 342 g/mol. The molecular formula is C13H19BrN4S. The molecule has 2 rings (SSSR count). The third-order valence-corrected chi connectivity index (χ3v) is 4.33. The van der Waals surface area contributed by atoms with Crippen molar-refractivity contribution in [3.05, 3.63) is 32.9 Å². The molecule has 1 N–H and O–H groups in total. The molecule has 0 saturated carbocycles. The molecule has 0 spiro atoms. The molecule has 2 aromatic heterocycles. The van der Waals surface area contributed by atoms with Crippen LogP contribution in [0.25, 0.3) is 0 Å². The van der Waals surface area contributed by atoms with Gasteiger partial charge in [-0.3, -0.25) is 4.68 Å². The van der Waals surface area contributed by atoms with E-state index in [-0.39, 0.29) is 6.04 Å². The third-order valence-electron chi connectivity index (χ3n) is 2.91. The van der Waals surface area contributed by atoms with Crippen molar-refractivity contribution < 1.29 is 0 Å². The smallest absolute Gasteiger partial charge is 0.0926 e. The fraction of sp³-hybridized carbons (Fsp3) is 0.538. The number of aromatic nitrogens is 3. The Balaban J connectivity index is 1.89. The molecule has 0 unspecified atom stereocenters. The highest BCUT2D eigenvalue weighted by Gasteiger charge is 2.13. The molecule has 19 heavy (non-hydrogen) atoms. The lowest BCUT2D eigenvalue weighted by Gasteiger charge is -2.18. The van der Waals surface area contributed by atoms with Crippen LogP contribution in [0.3, 0.4) is 0 Å². The van der Waals surface area contributed by atoms with Gasteiger partial charge in [0, 0.05) is 23.7 Å². The van der Waals surface area contributed by atoms with E-state index in [9.17, 15) is 0 Å². The summed E-state index contributed by atoms with van der Waals surface area (Å²) >= 11 is 5.15. The molecule has 0 aliphatic carbocycles. The number of hydrogen-bond donors (Lipinski definition) is 1. The minimum absolute atomic E-state index is 0.269. The Hall–Kier alpha value is -0.720. The van der Waals surface area contributed by atoms with Gasteiger partial charge in [-0.2, -0.15) is 5.10 Å². The van der Waals surface area contributed by atoms with E-state index < -0.39 is 0 Å². The molecule has 2 aromatic rings. The van der Waals surface area contributed by atoms with Crippen molar-refractivity contribution in [2.75, 3.05) is 0 Å². The summed E-state index contributed by atoms with van der Waals surface area (Å²) in [4.78, 5) is 4.62. The highest BCUT2D eigenvalue weighted by molar-refractivity contribution is 9.10. The molecule has 2 atom stereocenters. The van der Waals surface area contributed by atoms with E-state index in [1.807, 2.05) is 17.1 Å². The normalized spacial score (nSPS) is 14.5. The van der Waals surface area contributed by atoms with E-state index in [4.69, 9.17) is 0 Å². The zero-order valence-electron chi connectivity index (χ0n) is 11.4. The van der Waals surface area contributed by atoms with Crippen LogP contribution in [0.5, 0.6) is 0 Å². The molecule has 6 heteroatoms. The van der Waals surface area contributed by atoms with Crippen LogP contribution in [-0.4, -0.2) is 20.8 Å². The Morgan fingerprint density at radius 2 is 2.26 bits per heavy atom. The second-order valence-corrected chi connectivity index (χ2v) is 6.55. The summed E-state index contributed by atoms with van der Waals surface area (Å²) in [7, 11) is 0. The first-order valence-electron chi connectivity index (χ1n) is 6.46. The summed E-state index contributed by atoms with van der Waals surface area (Å²) < 4.78 is 2.95. The molecule has 0 radical (unpaired) electrons. The SMILES string of the molecule is CCc1nc([C@@H](C)N[C@H](C)Cn2cc(Br)cn2)cs1. The first-order chi connectivity index (χ1) is 9.08. The number of nitrogens with zero attached hydrogens (tertiary/aromatic N) is 3. The lowest BCUT2D eigenvalue weighted by Crippen LogP contribution is -2.33. The Morgan fingerprint density at radius 1 is 1.47 bits per heavy atom. The summed E-state index contributed by atoms with van der Waals surface area (Å²) in [5.74, 6) is 0. The Kier molecular flexibility index (Phi) is 5.13. The minimum Gasteiger partial charge on any atom is -0.304 e. The molecule has 0 fully saturated rings. The zero-order valence-corrected chi connectivity index (χ0v) is 13.8. The number of halogens is 1. The maximum Gasteiger partial charge on any atom is 0.0926 e. The maximum atomic E-state index is 4.62. The van der Waals surface area contributed by atoms with Crippen molar-refractivity contribution in [2.45, 2.75) is 45.8 Å². The Morgan fingerprint density at radius 3 is 2.84 bits per heavy atom. The molecule has 0 aliphatic rings. The van der Waals surface area contributed by atoms with Gasteiger partial charge in [0.1, 0.15) is 0 Å². The van der Waals surface area contributed by atoms with Gasteiger partial charge in [0.2, 0.25) is 0 Å². The molecule has 0 aliphatic heterocycles. The lowest BCUT2D eigenvalue weighted by molar-refractivity contribution is 0.409. The maximum absolute atomic E-state index is 4.62.